The van der Waals surface area contributed by atoms with Crippen LogP contribution in [0, 0.1) is 5.92 Å². The van der Waals surface area contributed by atoms with Gasteiger partial charge in [-0.3, -0.25) is 0 Å². The molecule has 4 heteroatoms. The molecule has 0 radical (unpaired) electrons. The van der Waals surface area contributed by atoms with Crippen LogP contribution in [0.2, 0.25) is 0 Å². The Kier molecular flexibility index (Phi) is 4.66. The smallest absolute Gasteiger partial charge is 0.0810 e. The molecule has 3 atom stereocenters. The summed E-state index contributed by atoms with van der Waals surface area (Å²) in [6.07, 6.45) is 7.28. The third-order valence-corrected chi connectivity index (χ3v) is 6.61. The molecule has 3 fully saturated rings. The molecular weight excluding hydrogens is 270 g/mol. The molecular formula is C16H29NO2S. The quantitative estimate of drug-likeness (QED) is 0.868. The predicted octanol–water partition coefficient (Wildman–Crippen LogP) is 2.84. The molecule has 1 N–H and O–H groups in total. The van der Waals surface area contributed by atoms with Crippen LogP contribution in [0.5, 0.6) is 0 Å². The second kappa shape index (κ2) is 6.15. The first kappa shape index (κ1) is 15.1. The first-order chi connectivity index (χ1) is 9.68. The molecule has 1 spiro atoms. The fourth-order valence-corrected chi connectivity index (χ4v) is 5.76. The second-order valence-corrected chi connectivity index (χ2v) is 8.15. The maximum atomic E-state index is 6.24. The van der Waals surface area contributed by atoms with Crippen molar-refractivity contribution in [3.63, 3.8) is 0 Å². The molecule has 0 saturated carbocycles. The van der Waals surface area contributed by atoms with Crippen molar-refractivity contribution in [2.45, 2.75) is 62.7 Å². The van der Waals surface area contributed by atoms with Crippen LogP contribution in [0.25, 0.3) is 0 Å². The molecule has 3 saturated heterocycles. The summed E-state index contributed by atoms with van der Waals surface area (Å²) < 4.78 is 12.4. The van der Waals surface area contributed by atoms with Crippen LogP contribution in [0.3, 0.4) is 0 Å². The van der Waals surface area contributed by atoms with Crippen molar-refractivity contribution in [3.05, 3.63) is 0 Å². The zero-order valence-corrected chi connectivity index (χ0v) is 13.8. The van der Waals surface area contributed by atoms with Gasteiger partial charge in [0.05, 0.1) is 11.2 Å². The molecule has 20 heavy (non-hydrogen) atoms. The average Bonchev–Trinajstić information content (AvgIpc) is 2.88. The molecule has 3 heterocycles. The second-order valence-electron chi connectivity index (χ2n) is 6.93. The van der Waals surface area contributed by atoms with Crippen molar-refractivity contribution >= 4 is 11.8 Å². The summed E-state index contributed by atoms with van der Waals surface area (Å²) in [7, 11) is 2.11. The molecule has 0 aliphatic carbocycles. The normalized spacial score (nSPS) is 39.0. The van der Waals surface area contributed by atoms with Gasteiger partial charge >= 0.3 is 0 Å². The predicted molar refractivity (Wildman–Crippen MR) is 84.4 cm³/mol. The van der Waals surface area contributed by atoms with Crippen molar-refractivity contribution in [3.8, 4) is 0 Å². The van der Waals surface area contributed by atoms with E-state index in [1.807, 2.05) is 0 Å². The zero-order chi connectivity index (χ0) is 14.1. The van der Waals surface area contributed by atoms with Crippen LogP contribution in [0.1, 0.15) is 45.4 Å². The van der Waals surface area contributed by atoms with E-state index in [1.54, 1.807) is 0 Å². The summed E-state index contributed by atoms with van der Waals surface area (Å²) in [5.41, 5.74) is 0.208. The summed E-state index contributed by atoms with van der Waals surface area (Å²) >= 11 is 2.08. The van der Waals surface area contributed by atoms with Crippen LogP contribution in [-0.4, -0.2) is 49.0 Å². The van der Waals surface area contributed by atoms with Gasteiger partial charge in [0.1, 0.15) is 0 Å². The molecule has 0 aromatic heterocycles. The Morgan fingerprint density at radius 3 is 2.60 bits per heavy atom. The van der Waals surface area contributed by atoms with Crippen LogP contribution in [0.15, 0.2) is 0 Å². The topological polar surface area (TPSA) is 30.5 Å². The Morgan fingerprint density at radius 1 is 1.15 bits per heavy atom. The standard InChI is InChI=1S/C16H29NO2S/c1-15(5-3-8-18-15)14(17-2)13-4-9-19-16(12-13)6-10-20-11-7-16/h13-14,17H,3-12H2,1-2H3. The number of hydrogen-bond donors (Lipinski definition) is 1. The number of ether oxygens (including phenoxy) is 2. The lowest BCUT2D eigenvalue weighted by molar-refractivity contribution is -0.123. The van der Waals surface area contributed by atoms with E-state index in [4.69, 9.17) is 9.47 Å². The average molecular weight is 299 g/mol. The Bertz CT molecular complexity index is 319. The van der Waals surface area contributed by atoms with E-state index in [0.29, 0.717) is 12.0 Å². The maximum Gasteiger partial charge on any atom is 0.0810 e. The highest BCUT2D eigenvalue weighted by atomic mass is 32.2. The first-order valence-corrected chi connectivity index (χ1v) is 9.36. The molecule has 3 nitrogen and oxygen atoms in total. The van der Waals surface area contributed by atoms with Crippen molar-refractivity contribution in [1.29, 1.82) is 0 Å². The van der Waals surface area contributed by atoms with Gasteiger partial charge in [0, 0.05) is 19.3 Å². The summed E-state index contributed by atoms with van der Waals surface area (Å²) in [6, 6.07) is 0.473. The maximum absolute atomic E-state index is 6.24. The van der Waals surface area contributed by atoms with Crippen molar-refractivity contribution in [2.24, 2.45) is 5.92 Å². The SMILES string of the molecule is CNC(C1CCOC2(CCSCC2)C1)C1(C)CCCO1. The van der Waals surface area contributed by atoms with Crippen molar-refractivity contribution in [2.75, 3.05) is 31.8 Å². The van der Waals surface area contributed by atoms with Crippen molar-refractivity contribution < 1.29 is 9.47 Å². The third kappa shape index (κ3) is 2.90. The summed E-state index contributed by atoms with van der Waals surface area (Å²) in [5, 5.41) is 3.59. The van der Waals surface area contributed by atoms with Gasteiger partial charge in [-0.2, -0.15) is 11.8 Å². The molecule has 0 bridgehead atoms. The highest BCUT2D eigenvalue weighted by Gasteiger charge is 2.47. The minimum absolute atomic E-state index is 0.0291. The molecule has 0 amide bonds. The van der Waals surface area contributed by atoms with Gasteiger partial charge in [0.2, 0.25) is 0 Å². The Labute approximate surface area is 127 Å². The van der Waals surface area contributed by atoms with Crippen LogP contribution >= 0.6 is 11.8 Å². The summed E-state index contributed by atoms with van der Waals surface area (Å²) in [5.74, 6) is 3.23. The lowest BCUT2D eigenvalue weighted by Gasteiger charge is -2.48. The number of likely N-dealkylation sites (N-methyl/N-ethyl adjacent to an activating group) is 1. The Hall–Kier alpha value is 0.230. The van der Waals surface area contributed by atoms with Crippen molar-refractivity contribution in [1.82, 2.24) is 5.32 Å². The zero-order valence-electron chi connectivity index (χ0n) is 13.0. The third-order valence-electron chi connectivity index (χ3n) is 5.62. The minimum Gasteiger partial charge on any atom is -0.375 e. The van der Waals surface area contributed by atoms with Gasteiger partial charge in [-0.05, 0) is 69.9 Å². The van der Waals surface area contributed by atoms with Gasteiger partial charge in [-0.15, -0.1) is 0 Å². The lowest BCUT2D eigenvalue weighted by atomic mass is 9.73. The van der Waals surface area contributed by atoms with E-state index in [2.05, 4.69) is 31.1 Å². The molecule has 116 valence electrons. The van der Waals surface area contributed by atoms with Crippen LogP contribution < -0.4 is 5.32 Å². The highest BCUT2D eigenvalue weighted by molar-refractivity contribution is 7.99. The molecule has 0 aromatic carbocycles. The highest BCUT2D eigenvalue weighted by Crippen LogP contribution is 2.43. The van der Waals surface area contributed by atoms with Gasteiger partial charge in [-0.25, -0.2) is 0 Å². The summed E-state index contributed by atoms with van der Waals surface area (Å²) in [6.45, 7) is 4.17. The van der Waals surface area contributed by atoms with Crippen LogP contribution in [0.4, 0.5) is 0 Å². The van der Waals surface area contributed by atoms with Gasteiger partial charge in [-0.1, -0.05) is 0 Å². The first-order valence-electron chi connectivity index (χ1n) is 8.20. The van der Waals surface area contributed by atoms with Crippen LogP contribution in [-0.2, 0) is 9.47 Å². The van der Waals surface area contributed by atoms with E-state index in [-0.39, 0.29) is 11.2 Å². The Balaban J connectivity index is 1.71. The fourth-order valence-electron chi connectivity index (χ4n) is 4.53. The lowest BCUT2D eigenvalue weighted by Crippen LogP contribution is -2.56. The monoisotopic (exact) mass is 299 g/mol. The summed E-state index contributed by atoms with van der Waals surface area (Å²) in [4.78, 5) is 0. The molecule has 0 aromatic rings. The molecule has 3 rings (SSSR count). The molecule has 3 aliphatic rings. The van der Waals surface area contributed by atoms with Gasteiger partial charge in [0.25, 0.3) is 0 Å². The van der Waals surface area contributed by atoms with E-state index in [9.17, 15) is 0 Å². The number of nitrogens with one attached hydrogen (secondary N) is 1. The van der Waals surface area contributed by atoms with E-state index >= 15 is 0 Å². The van der Waals surface area contributed by atoms with Gasteiger partial charge in [0.15, 0.2) is 0 Å². The number of thioether (sulfide) groups is 1. The van der Waals surface area contributed by atoms with E-state index in [1.165, 1.54) is 50.0 Å². The number of hydrogen-bond acceptors (Lipinski definition) is 4. The van der Waals surface area contributed by atoms with E-state index < -0.39 is 0 Å². The minimum atomic E-state index is 0.0291. The van der Waals surface area contributed by atoms with E-state index in [0.717, 1.165) is 13.2 Å². The largest absolute Gasteiger partial charge is 0.375 e. The molecule has 3 unspecified atom stereocenters. The fraction of sp³-hybridized carbons (Fsp3) is 1.00. The Morgan fingerprint density at radius 2 is 1.95 bits per heavy atom. The number of rotatable bonds is 3. The van der Waals surface area contributed by atoms with Gasteiger partial charge < -0.3 is 14.8 Å². The molecule has 3 aliphatic heterocycles.